The van der Waals surface area contributed by atoms with Gasteiger partial charge in [0, 0.05) is 25.6 Å². The molecule has 6 heteroatoms. The Morgan fingerprint density at radius 2 is 2.00 bits per heavy atom. The molecule has 1 aromatic carbocycles. The minimum atomic E-state index is 0. The first-order valence-corrected chi connectivity index (χ1v) is 8.12. The maximum absolute atomic E-state index is 5.50. The summed E-state index contributed by atoms with van der Waals surface area (Å²) in [5.41, 5.74) is 1.54. The highest BCUT2D eigenvalue weighted by Gasteiger charge is 2.44. The number of rotatable bonds is 6. The lowest BCUT2D eigenvalue weighted by Crippen LogP contribution is -2.41. The van der Waals surface area contributed by atoms with E-state index >= 15 is 0 Å². The van der Waals surface area contributed by atoms with E-state index in [1.54, 1.807) is 0 Å². The summed E-state index contributed by atoms with van der Waals surface area (Å²) in [6, 6.07) is 6.31. The van der Waals surface area contributed by atoms with Crippen LogP contribution in [-0.2, 0) is 5.41 Å². The third-order valence-corrected chi connectivity index (χ3v) is 4.48. The zero-order valence-corrected chi connectivity index (χ0v) is 16.2. The predicted octanol–water partition coefficient (Wildman–Crippen LogP) is 3.03. The number of ether oxygens (including phenoxy) is 2. The summed E-state index contributed by atoms with van der Waals surface area (Å²) in [7, 11) is 1.82. The molecule has 0 spiro atoms. The van der Waals surface area contributed by atoms with Crippen LogP contribution in [0.1, 0.15) is 38.2 Å². The summed E-state index contributed by atoms with van der Waals surface area (Å²) >= 11 is 0. The van der Waals surface area contributed by atoms with Crippen molar-refractivity contribution in [3.05, 3.63) is 23.8 Å². The zero-order chi connectivity index (χ0) is 15.4. The molecule has 0 aromatic heterocycles. The van der Waals surface area contributed by atoms with Crippen molar-refractivity contribution in [2.45, 2.75) is 38.0 Å². The van der Waals surface area contributed by atoms with Crippen molar-refractivity contribution in [1.82, 2.24) is 10.6 Å². The van der Waals surface area contributed by atoms with Crippen LogP contribution < -0.4 is 20.1 Å². The lowest BCUT2D eigenvalue weighted by molar-refractivity contribution is 0.174. The molecule has 1 aliphatic heterocycles. The van der Waals surface area contributed by atoms with Crippen molar-refractivity contribution in [2.75, 3.05) is 26.9 Å². The minimum absolute atomic E-state index is 0. The molecule has 0 radical (unpaired) electrons. The van der Waals surface area contributed by atoms with Crippen molar-refractivity contribution in [3.63, 3.8) is 0 Å². The third-order valence-electron chi connectivity index (χ3n) is 4.48. The summed E-state index contributed by atoms with van der Waals surface area (Å²) in [5, 5.41) is 6.82. The second-order valence-electron chi connectivity index (χ2n) is 6.05. The van der Waals surface area contributed by atoms with E-state index in [4.69, 9.17) is 9.47 Å². The van der Waals surface area contributed by atoms with Crippen molar-refractivity contribution in [3.8, 4) is 11.5 Å². The monoisotopic (exact) mass is 431 g/mol. The van der Waals surface area contributed by atoms with Crippen molar-refractivity contribution in [2.24, 2.45) is 4.99 Å². The number of hydrogen-bond donors (Lipinski definition) is 2. The Hall–Kier alpha value is -1.18. The van der Waals surface area contributed by atoms with Gasteiger partial charge in [0.2, 0.25) is 6.79 Å². The average molecular weight is 431 g/mol. The number of aliphatic imine (C=N–C) groups is 1. The van der Waals surface area contributed by atoms with Crippen LogP contribution >= 0.6 is 24.0 Å². The molecule has 128 valence electrons. The number of halogens is 1. The third kappa shape index (κ3) is 4.22. The SMILES string of the molecule is CCCCNC(=NC)NCC1(c2ccc3c(c2)OCO3)CC1.I. The van der Waals surface area contributed by atoms with E-state index in [0.717, 1.165) is 37.0 Å². The van der Waals surface area contributed by atoms with Crippen LogP contribution in [-0.4, -0.2) is 32.9 Å². The van der Waals surface area contributed by atoms with Crippen molar-refractivity contribution in [1.29, 1.82) is 0 Å². The molecule has 1 aromatic rings. The van der Waals surface area contributed by atoms with Gasteiger partial charge in [-0.25, -0.2) is 0 Å². The molecule has 1 fully saturated rings. The lowest BCUT2D eigenvalue weighted by atomic mass is 9.95. The van der Waals surface area contributed by atoms with Crippen LogP contribution in [0.25, 0.3) is 0 Å². The quantitative estimate of drug-likeness (QED) is 0.315. The summed E-state index contributed by atoms with van der Waals surface area (Å²) < 4.78 is 10.9. The number of fused-ring (bicyclic) bond motifs is 1. The van der Waals surface area contributed by atoms with Gasteiger partial charge in [-0.1, -0.05) is 19.4 Å². The Balaban J connectivity index is 0.00000192. The Kier molecular flexibility index (Phi) is 6.38. The Morgan fingerprint density at radius 1 is 1.22 bits per heavy atom. The largest absolute Gasteiger partial charge is 0.454 e. The van der Waals surface area contributed by atoms with E-state index in [-0.39, 0.29) is 29.4 Å². The molecule has 0 saturated heterocycles. The molecule has 2 aliphatic rings. The van der Waals surface area contributed by atoms with Crippen molar-refractivity contribution >= 4 is 29.9 Å². The molecule has 3 rings (SSSR count). The fourth-order valence-corrected chi connectivity index (χ4v) is 2.80. The molecule has 23 heavy (non-hydrogen) atoms. The molecule has 0 amide bonds. The standard InChI is InChI=1S/C17H25N3O2.HI/c1-3-4-9-19-16(18-2)20-11-17(7-8-17)13-5-6-14-15(10-13)22-12-21-14;/h5-6,10H,3-4,7-9,11-12H2,1-2H3,(H2,18,19,20);1H. The van der Waals surface area contributed by atoms with Gasteiger partial charge in [-0.3, -0.25) is 4.99 Å². The fourth-order valence-electron chi connectivity index (χ4n) is 2.80. The van der Waals surface area contributed by atoms with Gasteiger partial charge in [0.15, 0.2) is 17.5 Å². The van der Waals surface area contributed by atoms with Gasteiger partial charge in [0.25, 0.3) is 0 Å². The van der Waals surface area contributed by atoms with E-state index < -0.39 is 0 Å². The second-order valence-corrected chi connectivity index (χ2v) is 6.05. The van der Waals surface area contributed by atoms with Crippen LogP contribution in [0.4, 0.5) is 0 Å². The zero-order valence-electron chi connectivity index (χ0n) is 13.9. The van der Waals surface area contributed by atoms with E-state index in [1.165, 1.54) is 24.8 Å². The number of hydrogen-bond acceptors (Lipinski definition) is 3. The minimum Gasteiger partial charge on any atom is -0.454 e. The van der Waals surface area contributed by atoms with Crippen molar-refractivity contribution < 1.29 is 9.47 Å². The molecule has 2 N–H and O–H groups in total. The summed E-state index contributed by atoms with van der Waals surface area (Å²) in [6.07, 6.45) is 4.75. The van der Waals surface area contributed by atoms with Gasteiger partial charge in [-0.15, -0.1) is 24.0 Å². The van der Waals surface area contributed by atoms with Gasteiger partial charge in [-0.05, 0) is 37.0 Å². The Labute approximate surface area is 155 Å². The Bertz CT molecular complexity index is 559. The van der Waals surface area contributed by atoms with Crippen LogP contribution in [0.5, 0.6) is 11.5 Å². The number of guanidine groups is 1. The van der Waals surface area contributed by atoms with Crippen LogP contribution in [0.3, 0.4) is 0 Å². The van der Waals surface area contributed by atoms with Gasteiger partial charge in [0.05, 0.1) is 0 Å². The molecule has 5 nitrogen and oxygen atoms in total. The van der Waals surface area contributed by atoms with E-state index in [9.17, 15) is 0 Å². The summed E-state index contributed by atoms with van der Waals surface area (Å²) in [5.74, 6) is 2.61. The normalized spacial score (nSPS) is 17.4. The summed E-state index contributed by atoms with van der Waals surface area (Å²) in [6.45, 7) is 4.39. The van der Waals surface area contributed by atoms with E-state index in [2.05, 4.69) is 34.7 Å². The maximum atomic E-state index is 5.50. The van der Waals surface area contributed by atoms with Crippen LogP contribution in [0, 0.1) is 0 Å². The number of nitrogens with one attached hydrogen (secondary N) is 2. The summed E-state index contributed by atoms with van der Waals surface area (Å²) in [4.78, 5) is 4.29. The topological polar surface area (TPSA) is 54.9 Å². The molecular formula is C17H26IN3O2. The van der Waals surface area contributed by atoms with Crippen LogP contribution in [0.15, 0.2) is 23.2 Å². The number of nitrogens with zero attached hydrogens (tertiary/aromatic N) is 1. The number of unbranched alkanes of at least 4 members (excludes halogenated alkanes) is 1. The number of benzene rings is 1. The highest BCUT2D eigenvalue weighted by Crippen LogP contribution is 2.49. The molecule has 0 unspecified atom stereocenters. The first-order valence-electron chi connectivity index (χ1n) is 8.12. The van der Waals surface area contributed by atoms with Gasteiger partial charge < -0.3 is 20.1 Å². The first-order chi connectivity index (χ1) is 10.8. The fraction of sp³-hybridized carbons (Fsp3) is 0.588. The van der Waals surface area contributed by atoms with Gasteiger partial charge >= 0.3 is 0 Å². The van der Waals surface area contributed by atoms with Crippen LogP contribution in [0.2, 0.25) is 0 Å². The smallest absolute Gasteiger partial charge is 0.231 e. The highest BCUT2D eigenvalue weighted by molar-refractivity contribution is 14.0. The first kappa shape index (κ1) is 18.2. The average Bonchev–Trinajstić information content (AvgIpc) is 3.19. The van der Waals surface area contributed by atoms with Gasteiger partial charge in [-0.2, -0.15) is 0 Å². The predicted molar refractivity (Wildman–Crippen MR) is 103 cm³/mol. The molecule has 1 aliphatic carbocycles. The van der Waals surface area contributed by atoms with Gasteiger partial charge in [0.1, 0.15) is 0 Å². The lowest BCUT2D eigenvalue weighted by Gasteiger charge is -2.19. The molecule has 1 saturated carbocycles. The van der Waals surface area contributed by atoms with E-state index in [0.29, 0.717) is 6.79 Å². The second kappa shape index (κ2) is 8.08. The van der Waals surface area contributed by atoms with E-state index in [1.807, 2.05) is 13.1 Å². The molecule has 0 bridgehead atoms. The molecule has 0 atom stereocenters. The Morgan fingerprint density at radius 3 is 2.70 bits per heavy atom. The molecule has 1 heterocycles. The highest BCUT2D eigenvalue weighted by atomic mass is 127. The maximum Gasteiger partial charge on any atom is 0.231 e. The molecular weight excluding hydrogens is 405 g/mol.